The second kappa shape index (κ2) is 10.5. The highest BCUT2D eigenvalue weighted by molar-refractivity contribution is 6.30. The average Bonchev–Trinajstić information content (AvgIpc) is 2.78. The topological polar surface area (TPSA) is 72.5 Å². The van der Waals surface area contributed by atoms with Crippen LogP contribution in [0.3, 0.4) is 0 Å². The molecular formula is C25H22ClNO4. The van der Waals surface area contributed by atoms with Crippen LogP contribution in [0.5, 0.6) is 0 Å². The maximum Gasteiger partial charge on any atom is 0.307 e. The highest BCUT2D eigenvalue weighted by Gasteiger charge is 2.26. The highest BCUT2D eigenvalue weighted by Crippen LogP contribution is 2.25. The molecule has 1 N–H and O–H groups in total. The van der Waals surface area contributed by atoms with E-state index in [0.29, 0.717) is 21.8 Å². The lowest BCUT2D eigenvalue weighted by Crippen LogP contribution is -2.21. The van der Waals surface area contributed by atoms with Crippen LogP contribution >= 0.6 is 11.6 Å². The van der Waals surface area contributed by atoms with Crippen LogP contribution in [0.25, 0.3) is 0 Å². The van der Waals surface area contributed by atoms with Gasteiger partial charge in [0.1, 0.15) is 0 Å². The average molecular weight is 436 g/mol. The predicted octanol–water partition coefficient (Wildman–Crippen LogP) is 5.53. The number of benzene rings is 3. The van der Waals surface area contributed by atoms with E-state index in [1.165, 1.54) is 0 Å². The Hall–Kier alpha value is -3.44. The van der Waals surface area contributed by atoms with E-state index < -0.39 is 12.1 Å². The van der Waals surface area contributed by atoms with Crippen molar-refractivity contribution in [3.05, 3.63) is 101 Å². The monoisotopic (exact) mass is 435 g/mol. The maximum absolute atomic E-state index is 13.0. The number of Topliss-reactive ketones (excluding diaryl/α,β-unsaturated/α-hetero) is 1. The third kappa shape index (κ3) is 6.52. The summed E-state index contributed by atoms with van der Waals surface area (Å²) in [5.74, 6) is -1.29. The molecule has 3 aromatic carbocycles. The first-order valence-electron chi connectivity index (χ1n) is 9.83. The SMILES string of the molecule is Cc1ccc(NC(=O)CCC(=O)OC(C(=O)c2ccccc2)c2ccc(Cl)cc2)cc1. The lowest BCUT2D eigenvalue weighted by atomic mass is 10.00. The number of rotatable bonds is 8. The Morgan fingerprint density at radius 2 is 1.52 bits per heavy atom. The largest absolute Gasteiger partial charge is 0.449 e. The number of carbonyl (C=O) groups excluding carboxylic acids is 3. The lowest BCUT2D eigenvalue weighted by molar-refractivity contribution is -0.148. The Balaban J connectivity index is 1.65. The molecule has 0 aliphatic heterocycles. The molecule has 31 heavy (non-hydrogen) atoms. The van der Waals surface area contributed by atoms with Crippen LogP contribution in [0.1, 0.15) is 40.4 Å². The second-order valence-electron chi connectivity index (χ2n) is 7.07. The van der Waals surface area contributed by atoms with E-state index in [-0.39, 0.29) is 24.5 Å². The molecule has 0 aromatic heterocycles. The van der Waals surface area contributed by atoms with Gasteiger partial charge in [0.15, 0.2) is 6.10 Å². The molecule has 0 fully saturated rings. The molecule has 1 atom stereocenters. The second-order valence-corrected chi connectivity index (χ2v) is 7.50. The number of ketones is 1. The van der Waals surface area contributed by atoms with Gasteiger partial charge in [-0.3, -0.25) is 14.4 Å². The Kier molecular flexibility index (Phi) is 7.57. The molecule has 158 valence electrons. The number of hydrogen-bond donors (Lipinski definition) is 1. The van der Waals surface area contributed by atoms with Crippen molar-refractivity contribution in [1.29, 1.82) is 0 Å². The number of aryl methyl sites for hydroxylation is 1. The fourth-order valence-corrected chi connectivity index (χ4v) is 3.06. The highest BCUT2D eigenvalue weighted by atomic mass is 35.5. The lowest BCUT2D eigenvalue weighted by Gasteiger charge is -2.17. The smallest absolute Gasteiger partial charge is 0.307 e. The first kappa shape index (κ1) is 22.2. The van der Waals surface area contributed by atoms with Gasteiger partial charge in [-0.25, -0.2) is 0 Å². The summed E-state index contributed by atoms with van der Waals surface area (Å²) in [6.45, 7) is 1.95. The molecule has 3 aromatic rings. The van der Waals surface area contributed by atoms with Crippen molar-refractivity contribution in [1.82, 2.24) is 0 Å². The van der Waals surface area contributed by atoms with Gasteiger partial charge < -0.3 is 10.1 Å². The molecule has 0 saturated heterocycles. The van der Waals surface area contributed by atoms with Crippen LogP contribution in [-0.4, -0.2) is 17.7 Å². The first-order chi connectivity index (χ1) is 14.9. The van der Waals surface area contributed by atoms with Gasteiger partial charge in [0.05, 0.1) is 6.42 Å². The van der Waals surface area contributed by atoms with E-state index >= 15 is 0 Å². The first-order valence-corrected chi connectivity index (χ1v) is 10.2. The number of amides is 1. The standard InChI is InChI=1S/C25H22ClNO4/c1-17-7-13-21(14-8-17)27-22(28)15-16-23(29)31-25(19-9-11-20(26)12-10-19)24(30)18-5-3-2-4-6-18/h2-14,25H,15-16H2,1H3,(H,27,28). The van der Waals surface area contributed by atoms with Crippen LogP contribution in [0.15, 0.2) is 78.9 Å². The fourth-order valence-electron chi connectivity index (χ4n) is 2.93. The molecule has 1 unspecified atom stereocenters. The molecular weight excluding hydrogens is 414 g/mol. The summed E-state index contributed by atoms with van der Waals surface area (Å²) in [5, 5.41) is 3.24. The van der Waals surface area contributed by atoms with Gasteiger partial charge in [-0.15, -0.1) is 0 Å². The summed E-state index contributed by atoms with van der Waals surface area (Å²) < 4.78 is 5.50. The summed E-state index contributed by atoms with van der Waals surface area (Å²) in [5.41, 5.74) is 2.67. The fraction of sp³-hybridized carbons (Fsp3) is 0.160. The van der Waals surface area contributed by atoms with E-state index in [9.17, 15) is 14.4 Å². The third-order valence-corrected chi connectivity index (χ3v) is 4.86. The quantitative estimate of drug-likeness (QED) is 0.372. The molecule has 0 aliphatic rings. The Morgan fingerprint density at radius 3 is 2.16 bits per heavy atom. The molecule has 5 nitrogen and oxygen atoms in total. The number of ether oxygens (including phenoxy) is 1. The minimum atomic E-state index is -1.12. The number of esters is 1. The zero-order chi connectivity index (χ0) is 22.2. The van der Waals surface area contributed by atoms with E-state index in [2.05, 4.69) is 5.32 Å². The molecule has 6 heteroatoms. The Labute approximate surface area is 186 Å². The molecule has 1 amide bonds. The van der Waals surface area contributed by atoms with Gasteiger partial charge in [-0.1, -0.05) is 71.8 Å². The molecule has 0 heterocycles. The van der Waals surface area contributed by atoms with Crippen LogP contribution < -0.4 is 5.32 Å². The van der Waals surface area contributed by atoms with Gasteiger partial charge >= 0.3 is 5.97 Å². The molecule has 3 rings (SSSR count). The minimum absolute atomic E-state index is 0.0560. The molecule has 0 aliphatic carbocycles. The van der Waals surface area contributed by atoms with E-state index in [0.717, 1.165) is 5.56 Å². The van der Waals surface area contributed by atoms with Crippen LogP contribution in [-0.2, 0) is 14.3 Å². The minimum Gasteiger partial charge on any atom is -0.449 e. The molecule has 0 spiro atoms. The normalized spacial score (nSPS) is 11.4. The van der Waals surface area contributed by atoms with E-state index in [4.69, 9.17) is 16.3 Å². The number of nitrogens with one attached hydrogen (secondary N) is 1. The van der Waals surface area contributed by atoms with Crippen LogP contribution in [0.4, 0.5) is 5.69 Å². The zero-order valence-electron chi connectivity index (χ0n) is 17.0. The van der Waals surface area contributed by atoms with Crippen molar-refractivity contribution in [2.45, 2.75) is 25.9 Å². The van der Waals surface area contributed by atoms with E-state index in [1.54, 1.807) is 66.7 Å². The number of halogens is 1. The summed E-state index contributed by atoms with van der Waals surface area (Å²) in [6.07, 6.45) is -1.32. The van der Waals surface area contributed by atoms with Gasteiger partial charge in [-0.2, -0.15) is 0 Å². The molecule has 0 bridgehead atoms. The summed E-state index contributed by atoms with van der Waals surface area (Å²) in [6, 6.07) is 22.5. The van der Waals surface area contributed by atoms with Crippen LogP contribution in [0.2, 0.25) is 5.02 Å². The van der Waals surface area contributed by atoms with Crippen molar-refractivity contribution < 1.29 is 19.1 Å². The van der Waals surface area contributed by atoms with E-state index in [1.807, 2.05) is 19.1 Å². The predicted molar refractivity (Wildman–Crippen MR) is 120 cm³/mol. The molecule has 0 radical (unpaired) electrons. The van der Waals surface area contributed by atoms with Crippen molar-refractivity contribution in [2.75, 3.05) is 5.32 Å². The van der Waals surface area contributed by atoms with Crippen molar-refractivity contribution >= 4 is 34.9 Å². The summed E-state index contributed by atoms with van der Waals surface area (Å²) in [4.78, 5) is 37.6. The van der Waals surface area contributed by atoms with Crippen LogP contribution in [0, 0.1) is 6.92 Å². The van der Waals surface area contributed by atoms with Gasteiger partial charge in [-0.05, 0) is 31.2 Å². The maximum atomic E-state index is 13.0. The summed E-state index contributed by atoms with van der Waals surface area (Å²) in [7, 11) is 0. The zero-order valence-corrected chi connectivity index (χ0v) is 17.8. The Bertz CT molecular complexity index is 1050. The van der Waals surface area contributed by atoms with Gasteiger partial charge in [0.25, 0.3) is 0 Å². The summed E-state index contributed by atoms with van der Waals surface area (Å²) >= 11 is 5.94. The van der Waals surface area contributed by atoms with Gasteiger partial charge in [0.2, 0.25) is 11.7 Å². The third-order valence-electron chi connectivity index (χ3n) is 4.61. The van der Waals surface area contributed by atoms with Crippen molar-refractivity contribution in [3.8, 4) is 0 Å². The number of carbonyl (C=O) groups is 3. The van der Waals surface area contributed by atoms with Gasteiger partial charge in [0, 0.05) is 28.3 Å². The van der Waals surface area contributed by atoms with Crippen molar-refractivity contribution in [2.24, 2.45) is 0 Å². The molecule has 0 saturated carbocycles. The number of anilines is 1. The number of hydrogen-bond acceptors (Lipinski definition) is 4. The Morgan fingerprint density at radius 1 is 0.871 bits per heavy atom. The van der Waals surface area contributed by atoms with Crippen molar-refractivity contribution in [3.63, 3.8) is 0 Å².